The van der Waals surface area contributed by atoms with Gasteiger partial charge in [-0.15, -0.1) is 5.10 Å². The lowest BCUT2D eigenvalue weighted by molar-refractivity contribution is -0.151. The maximum atomic E-state index is 12.3. The number of aromatic nitrogens is 4. The van der Waals surface area contributed by atoms with Gasteiger partial charge >= 0.3 is 5.97 Å². The third kappa shape index (κ3) is 3.58. The third-order valence-corrected chi connectivity index (χ3v) is 4.33. The van der Waals surface area contributed by atoms with Crippen molar-refractivity contribution in [2.45, 2.75) is 33.1 Å². The summed E-state index contributed by atoms with van der Waals surface area (Å²) in [6.07, 6.45) is 0.735. The Morgan fingerprint density at radius 3 is 2.54 bits per heavy atom. The molecule has 2 rings (SSSR count). The van der Waals surface area contributed by atoms with Crippen LogP contribution in [0.1, 0.15) is 33.1 Å². The number of aliphatic carboxylic acids is 1. The first-order chi connectivity index (χ1) is 11.4. The molecule has 2 aromatic rings. The minimum absolute atomic E-state index is 0.0644. The van der Waals surface area contributed by atoms with Crippen LogP contribution in [0, 0.1) is 5.41 Å². The largest absolute Gasteiger partial charge is 0.481 e. The van der Waals surface area contributed by atoms with Crippen LogP contribution in [-0.4, -0.2) is 37.2 Å². The maximum absolute atomic E-state index is 12.3. The molecule has 0 radical (unpaired) electrons. The van der Waals surface area contributed by atoms with Crippen LogP contribution in [0.2, 0.25) is 0 Å². The normalized spacial score (nSPS) is 11.3. The van der Waals surface area contributed by atoms with E-state index in [-0.39, 0.29) is 12.3 Å². The fourth-order valence-corrected chi connectivity index (χ4v) is 2.60. The van der Waals surface area contributed by atoms with E-state index in [1.165, 1.54) is 4.68 Å². The van der Waals surface area contributed by atoms with Crippen molar-refractivity contribution in [1.29, 1.82) is 0 Å². The number of nitrogens with one attached hydrogen (secondary N) is 1. The highest BCUT2D eigenvalue weighted by molar-refractivity contribution is 5.94. The molecule has 0 aliphatic heterocycles. The molecule has 8 nitrogen and oxygen atoms in total. The number of carbonyl (C=O) groups is 2. The second-order valence-corrected chi connectivity index (χ2v) is 5.72. The van der Waals surface area contributed by atoms with Gasteiger partial charge in [-0.1, -0.05) is 26.0 Å². The van der Waals surface area contributed by atoms with E-state index in [1.807, 2.05) is 6.07 Å². The predicted molar refractivity (Wildman–Crippen MR) is 88.1 cm³/mol. The fourth-order valence-electron chi connectivity index (χ4n) is 2.60. The van der Waals surface area contributed by atoms with E-state index in [0.29, 0.717) is 24.4 Å². The summed E-state index contributed by atoms with van der Waals surface area (Å²) in [4.78, 5) is 23.8. The number of hydrogen-bond donors (Lipinski definition) is 2. The maximum Gasteiger partial charge on any atom is 0.310 e. The summed E-state index contributed by atoms with van der Waals surface area (Å²) < 4.78 is 1.53. The van der Waals surface area contributed by atoms with Crippen LogP contribution in [0.25, 0.3) is 11.4 Å². The van der Waals surface area contributed by atoms with Crippen LogP contribution in [0.5, 0.6) is 0 Å². The molecule has 8 heteroatoms. The number of benzene rings is 1. The van der Waals surface area contributed by atoms with Gasteiger partial charge in [0.05, 0.1) is 5.41 Å². The molecular formula is C16H21N5O3. The van der Waals surface area contributed by atoms with Crippen LogP contribution in [-0.2, 0) is 16.6 Å². The second kappa shape index (κ2) is 7.20. The topological polar surface area (TPSA) is 110 Å². The van der Waals surface area contributed by atoms with Gasteiger partial charge in [-0.25, -0.2) is 4.68 Å². The first kappa shape index (κ1) is 17.6. The molecule has 0 bridgehead atoms. The molecular weight excluding hydrogens is 310 g/mol. The van der Waals surface area contributed by atoms with E-state index in [2.05, 4.69) is 20.8 Å². The Bertz CT molecular complexity index is 737. The van der Waals surface area contributed by atoms with Gasteiger partial charge in [-0.3, -0.25) is 9.59 Å². The van der Waals surface area contributed by atoms with Crippen LogP contribution in [0.3, 0.4) is 0 Å². The van der Waals surface area contributed by atoms with Crippen molar-refractivity contribution >= 4 is 17.6 Å². The average Bonchev–Trinajstić information content (AvgIpc) is 2.98. The van der Waals surface area contributed by atoms with E-state index in [0.717, 1.165) is 5.56 Å². The van der Waals surface area contributed by atoms with E-state index < -0.39 is 11.4 Å². The molecule has 0 aliphatic carbocycles. The lowest BCUT2D eigenvalue weighted by Crippen LogP contribution is -2.34. The van der Waals surface area contributed by atoms with E-state index in [1.54, 1.807) is 39.1 Å². The summed E-state index contributed by atoms with van der Waals surface area (Å²) in [6.45, 7) is 3.57. The highest BCUT2D eigenvalue weighted by atomic mass is 16.4. The Hall–Kier alpha value is -2.77. The van der Waals surface area contributed by atoms with Crippen molar-refractivity contribution in [2.24, 2.45) is 12.5 Å². The summed E-state index contributed by atoms with van der Waals surface area (Å²) in [6, 6.07) is 7.11. The Morgan fingerprint density at radius 2 is 2.00 bits per heavy atom. The van der Waals surface area contributed by atoms with E-state index in [4.69, 9.17) is 0 Å². The van der Waals surface area contributed by atoms with Crippen LogP contribution in [0.15, 0.2) is 24.3 Å². The molecule has 2 N–H and O–H groups in total. The van der Waals surface area contributed by atoms with Gasteiger partial charge in [-0.2, -0.15) is 0 Å². The van der Waals surface area contributed by atoms with E-state index in [9.17, 15) is 14.7 Å². The summed E-state index contributed by atoms with van der Waals surface area (Å²) in [7, 11) is 1.73. The standard InChI is InChI=1S/C16H21N5O3/c1-4-16(5-2,15(23)24)10-13(22)17-12-8-6-7-11(9-12)14-18-19-20-21(14)3/h6-9H,4-5,10H2,1-3H3,(H,17,22)(H,23,24). The van der Waals surface area contributed by atoms with Crippen molar-refractivity contribution in [1.82, 2.24) is 20.2 Å². The van der Waals surface area contributed by atoms with Crippen molar-refractivity contribution in [3.8, 4) is 11.4 Å². The molecule has 24 heavy (non-hydrogen) atoms. The number of rotatable bonds is 7. The number of nitrogens with zero attached hydrogens (tertiary/aromatic N) is 4. The Kier molecular flexibility index (Phi) is 5.28. The number of carboxylic acids is 1. The molecule has 0 saturated carbocycles. The Morgan fingerprint density at radius 1 is 1.29 bits per heavy atom. The van der Waals surface area contributed by atoms with Crippen molar-refractivity contribution in [3.05, 3.63) is 24.3 Å². The van der Waals surface area contributed by atoms with Gasteiger partial charge in [0.2, 0.25) is 5.91 Å². The number of aryl methyl sites for hydroxylation is 1. The molecule has 1 amide bonds. The molecule has 1 aromatic heterocycles. The zero-order chi connectivity index (χ0) is 17.7. The Balaban J connectivity index is 2.15. The second-order valence-electron chi connectivity index (χ2n) is 5.72. The molecule has 0 aliphatic rings. The summed E-state index contributed by atoms with van der Waals surface area (Å²) in [5.41, 5.74) is 0.303. The van der Waals surface area contributed by atoms with Gasteiger partial charge in [0.25, 0.3) is 0 Å². The monoisotopic (exact) mass is 331 g/mol. The summed E-state index contributed by atoms with van der Waals surface area (Å²) >= 11 is 0. The first-order valence-corrected chi connectivity index (χ1v) is 7.78. The van der Waals surface area contributed by atoms with Crippen LogP contribution >= 0.6 is 0 Å². The minimum Gasteiger partial charge on any atom is -0.481 e. The van der Waals surface area contributed by atoms with Gasteiger partial charge in [0, 0.05) is 24.7 Å². The van der Waals surface area contributed by atoms with Crippen molar-refractivity contribution in [2.75, 3.05) is 5.32 Å². The summed E-state index contributed by atoms with van der Waals surface area (Å²) in [5, 5.41) is 23.5. The molecule has 0 fully saturated rings. The molecule has 0 unspecified atom stereocenters. The lowest BCUT2D eigenvalue weighted by atomic mass is 9.79. The molecule has 1 heterocycles. The Labute approximate surface area is 139 Å². The molecule has 0 saturated heterocycles. The van der Waals surface area contributed by atoms with Gasteiger partial charge in [0.1, 0.15) is 0 Å². The zero-order valence-electron chi connectivity index (χ0n) is 14.0. The van der Waals surface area contributed by atoms with Gasteiger partial charge < -0.3 is 10.4 Å². The first-order valence-electron chi connectivity index (χ1n) is 7.78. The number of hydrogen-bond acceptors (Lipinski definition) is 5. The lowest BCUT2D eigenvalue weighted by Gasteiger charge is -2.25. The predicted octanol–water partition coefficient (Wildman–Crippen LogP) is 2.10. The van der Waals surface area contributed by atoms with Crippen LogP contribution in [0.4, 0.5) is 5.69 Å². The third-order valence-electron chi connectivity index (χ3n) is 4.33. The number of amides is 1. The minimum atomic E-state index is -1.03. The number of carboxylic acid groups (broad SMARTS) is 1. The number of tetrazole rings is 1. The molecule has 0 spiro atoms. The van der Waals surface area contributed by atoms with Gasteiger partial charge in [-0.05, 0) is 35.4 Å². The van der Waals surface area contributed by atoms with Gasteiger partial charge in [0.15, 0.2) is 5.82 Å². The molecule has 0 atom stereocenters. The zero-order valence-corrected chi connectivity index (χ0v) is 14.0. The number of carbonyl (C=O) groups excluding carboxylic acids is 1. The smallest absolute Gasteiger partial charge is 0.310 e. The van der Waals surface area contributed by atoms with Crippen molar-refractivity contribution < 1.29 is 14.7 Å². The average molecular weight is 331 g/mol. The van der Waals surface area contributed by atoms with E-state index >= 15 is 0 Å². The quantitative estimate of drug-likeness (QED) is 0.804. The van der Waals surface area contributed by atoms with Crippen LogP contribution < -0.4 is 5.32 Å². The highest BCUT2D eigenvalue weighted by Gasteiger charge is 2.37. The highest BCUT2D eigenvalue weighted by Crippen LogP contribution is 2.31. The summed E-state index contributed by atoms with van der Waals surface area (Å²) in [5.74, 6) is -0.691. The van der Waals surface area contributed by atoms with Crippen molar-refractivity contribution in [3.63, 3.8) is 0 Å². The fraction of sp³-hybridized carbons (Fsp3) is 0.438. The molecule has 128 valence electrons. The SMILES string of the molecule is CCC(CC)(CC(=O)Nc1cccc(-c2nnnn2C)c1)C(=O)O. The molecule has 1 aromatic carbocycles. The number of anilines is 1.